The SMILES string of the molecule is CCCCNC(=O)COc1cccc(-c2nc(Nc3cn[nH]c3)c3cc(OC4CCCC4)ccc3n2)c1. The number of H-pyrrole nitrogens is 1. The van der Waals surface area contributed by atoms with E-state index in [1.54, 1.807) is 12.4 Å². The van der Waals surface area contributed by atoms with Crippen LogP contribution >= 0.6 is 0 Å². The maximum Gasteiger partial charge on any atom is 0.257 e. The molecule has 4 aromatic rings. The Morgan fingerprint density at radius 2 is 2.00 bits per heavy atom. The third-order valence-corrected chi connectivity index (χ3v) is 6.35. The van der Waals surface area contributed by atoms with Gasteiger partial charge in [0.2, 0.25) is 0 Å². The number of unbranched alkanes of at least 4 members (excludes halogenated alkanes) is 1. The van der Waals surface area contributed by atoms with Gasteiger partial charge in [-0.05, 0) is 62.4 Å². The number of fused-ring (bicyclic) bond motifs is 1. The molecule has 2 aromatic heterocycles. The molecule has 5 rings (SSSR count). The molecule has 1 saturated carbocycles. The standard InChI is InChI=1S/C28H32N6O3/c1-2-3-13-29-26(35)18-36-22-10-6-7-19(14-22)27-33-25-12-11-23(37-21-8-4-5-9-21)15-24(25)28(34-27)32-20-16-30-31-17-20/h6-7,10-12,14-17,21H,2-5,8-9,13,18H2,1H3,(H,29,35)(H,30,31)(H,32,33,34). The van der Waals surface area contributed by atoms with Crippen molar-refractivity contribution in [1.29, 1.82) is 0 Å². The predicted molar refractivity (Wildman–Crippen MR) is 143 cm³/mol. The number of amides is 1. The number of anilines is 2. The zero-order valence-electron chi connectivity index (χ0n) is 21.0. The summed E-state index contributed by atoms with van der Waals surface area (Å²) in [5.41, 5.74) is 2.36. The number of benzene rings is 2. The second-order valence-electron chi connectivity index (χ2n) is 9.23. The van der Waals surface area contributed by atoms with Crippen molar-refractivity contribution >= 4 is 28.3 Å². The minimum atomic E-state index is -0.136. The van der Waals surface area contributed by atoms with Gasteiger partial charge in [0.1, 0.15) is 17.3 Å². The first-order valence-corrected chi connectivity index (χ1v) is 12.9. The maximum atomic E-state index is 12.0. The number of aromatic nitrogens is 4. The normalized spacial score (nSPS) is 13.5. The van der Waals surface area contributed by atoms with E-state index in [-0.39, 0.29) is 18.6 Å². The lowest BCUT2D eigenvalue weighted by Gasteiger charge is -2.15. The number of hydrogen-bond donors (Lipinski definition) is 3. The molecule has 192 valence electrons. The van der Waals surface area contributed by atoms with Crippen molar-refractivity contribution in [3.63, 3.8) is 0 Å². The van der Waals surface area contributed by atoms with E-state index in [4.69, 9.17) is 19.4 Å². The molecule has 1 aliphatic rings. The van der Waals surface area contributed by atoms with Gasteiger partial charge in [-0.2, -0.15) is 5.10 Å². The van der Waals surface area contributed by atoms with Crippen LogP contribution in [0.15, 0.2) is 54.9 Å². The summed E-state index contributed by atoms with van der Waals surface area (Å²) >= 11 is 0. The van der Waals surface area contributed by atoms with Crippen molar-refractivity contribution in [2.45, 2.75) is 51.6 Å². The van der Waals surface area contributed by atoms with E-state index in [1.165, 1.54) is 12.8 Å². The van der Waals surface area contributed by atoms with Gasteiger partial charge < -0.3 is 20.1 Å². The highest BCUT2D eigenvalue weighted by molar-refractivity contribution is 5.93. The third-order valence-electron chi connectivity index (χ3n) is 6.35. The molecule has 2 aromatic carbocycles. The molecule has 9 nitrogen and oxygen atoms in total. The fourth-order valence-electron chi connectivity index (χ4n) is 4.39. The summed E-state index contributed by atoms with van der Waals surface area (Å²) in [5, 5.41) is 13.9. The van der Waals surface area contributed by atoms with Crippen LogP contribution in [-0.2, 0) is 4.79 Å². The van der Waals surface area contributed by atoms with Gasteiger partial charge in [-0.25, -0.2) is 9.97 Å². The number of nitrogens with one attached hydrogen (secondary N) is 3. The Morgan fingerprint density at radius 3 is 2.81 bits per heavy atom. The zero-order chi connectivity index (χ0) is 25.5. The van der Waals surface area contributed by atoms with Gasteiger partial charge in [0.05, 0.1) is 23.5 Å². The van der Waals surface area contributed by atoms with Gasteiger partial charge in [0.15, 0.2) is 12.4 Å². The highest BCUT2D eigenvalue weighted by Crippen LogP contribution is 2.32. The molecule has 0 aliphatic heterocycles. The topological polar surface area (TPSA) is 114 Å². The minimum absolute atomic E-state index is 0.0389. The molecule has 0 radical (unpaired) electrons. The molecule has 0 spiro atoms. The van der Waals surface area contributed by atoms with Crippen LogP contribution in [0.2, 0.25) is 0 Å². The first-order chi connectivity index (χ1) is 18.2. The number of hydrogen-bond acceptors (Lipinski definition) is 7. The van der Waals surface area contributed by atoms with Crippen molar-refractivity contribution in [2.75, 3.05) is 18.5 Å². The molecule has 0 unspecified atom stereocenters. The Morgan fingerprint density at radius 1 is 1.11 bits per heavy atom. The molecule has 0 atom stereocenters. The van der Waals surface area contributed by atoms with Crippen molar-refractivity contribution in [3.8, 4) is 22.9 Å². The van der Waals surface area contributed by atoms with Crippen molar-refractivity contribution in [1.82, 2.24) is 25.5 Å². The fraction of sp³-hybridized carbons (Fsp3) is 0.357. The summed E-state index contributed by atoms with van der Waals surface area (Å²) < 4.78 is 12.0. The van der Waals surface area contributed by atoms with Crippen LogP contribution in [0.25, 0.3) is 22.3 Å². The van der Waals surface area contributed by atoms with Crippen LogP contribution in [0, 0.1) is 0 Å². The summed E-state index contributed by atoms with van der Waals surface area (Å²) in [7, 11) is 0. The molecular formula is C28H32N6O3. The third kappa shape index (κ3) is 6.35. The minimum Gasteiger partial charge on any atom is -0.490 e. The van der Waals surface area contributed by atoms with Crippen LogP contribution in [0.1, 0.15) is 45.4 Å². The maximum absolute atomic E-state index is 12.0. The van der Waals surface area contributed by atoms with Gasteiger partial charge in [-0.3, -0.25) is 9.89 Å². The zero-order valence-corrected chi connectivity index (χ0v) is 21.0. The Hall–Kier alpha value is -4.14. The number of rotatable bonds is 11. The summed E-state index contributed by atoms with van der Waals surface area (Å²) in [6.07, 6.45) is 10.3. The Labute approximate surface area is 216 Å². The Balaban J connectivity index is 1.41. The largest absolute Gasteiger partial charge is 0.490 e. The van der Waals surface area contributed by atoms with Gasteiger partial charge in [0, 0.05) is 23.7 Å². The number of nitrogens with zero attached hydrogens (tertiary/aromatic N) is 3. The first-order valence-electron chi connectivity index (χ1n) is 12.9. The number of carbonyl (C=O) groups is 1. The molecule has 3 N–H and O–H groups in total. The summed E-state index contributed by atoms with van der Waals surface area (Å²) in [6.45, 7) is 2.70. The lowest BCUT2D eigenvalue weighted by molar-refractivity contribution is -0.123. The van der Waals surface area contributed by atoms with Crippen LogP contribution < -0.4 is 20.1 Å². The molecule has 1 aliphatic carbocycles. The molecular weight excluding hydrogens is 468 g/mol. The van der Waals surface area contributed by atoms with Gasteiger partial charge >= 0.3 is 0 Å². The van der Waals surface area contributed by atoms with Crippen molar-refractivity contribution in [3.05, 3.63) is 54.9 Å². The Bertz CT molecular complexity index is 1340. The number of ether oxygens (including phenoxy) is 2. The van der Waals surface area contributed by atoms with Crippen LogP contribution in [-0.4, -0.2) is 45.3 Å². The smallest absolute Gasteiger partial charge is 0.257 e. The van der Waals surface area contributed by atoms with Crippen molar-refractivity contribution < 1.29 is 14.3 Å². The molecule has 37 heavy (non-hydrogen) atoms. The van der Waals surface area contributed by atoms with Gasteiger partial charge in [-0.1, -0.05) is 25.5 Å². The van der Waals surface area contributed by atoms with E-state index >= 15 is 0 Å². The second kappa shape index (κ2) is 11.7. The van der Waals surface area contributed by atoms with E-state index < -0.39 is 0 Å². The summed E-state index contributed by atoms with van der Waals surface area (Å²) in [6, 6.07) is 13.4. The van der Waals surface area contributed by atoms with E-state index in [9.17, 15) is 4.79 Å². The van der Waals surface area contributed by atoms with E-state index in [2.05, 4.69) is 27.8 Å². The highest BCUT2D eigenvalue weighted by Gasteiger charge is 2.18. The van der Waals surface area contributed by atoms with Crippen LogP contribution in [0.5, 0.6) is 11.5 Å². The van der Waals surface area contributed by atoms with E-state index in [0.29, 0.717) is 23.9 Å². The highest BCUT2D eigenvalue weighted by atomic mass is 16.5. The number of aromatic amines is 1. The molecule has 1 fully saturated rings. The molecule has 0 saturated heterocycles. The molecule has 0 bridgehead atoms. The van der Waals surface area contributed by atoms with E-state index in [1.807, 2.05) is 42.5 Å². The van der Waals surface area contributed by atoms with Crippen LogP contribution in [0.3, 0.4) is 0 Å². The van der Waals surface area contributed by atoms with Crippen molar-refractivity contribution in [2.24, 2.45) is 0 Å². The number of carbonyl (C=O) groups excluding carboxylic acids is 1. The molecule has 1 amide bonds. The van der Waals surface area contributed by atoms with Gasteiger partial charge in [-0.15, -0.1) is 0 Å². The lowest BCUT2D eigenvalue weighted by atomic mass is 10.1. The monoisotopic (exact) mass is 500 g/mol. The summed E-state index contributed by atoms with van der Waals surface area (Å²) in [4.78, 5) is 21.7. The average Bonchev–Trinajstić information content (AvgIpc) is 3.63. The van der Waals surface area contributed by atoms with Crippen LogP contribution in [0.4, 0.5) is 11.5 Å². The molecule has 2 heterocycles. The summed E-state index contributed by atoms with van der Waals surface area (Å²) in [5.74, 6) is 2.46. The fourth-order valence-corrected chi connectivity index (χ4v) is 4.39. The second-order valence-corrected chi connectivity index (χ2v) is 9.23. The quantitative estimate of drug-likeness (QED) is 0.237. The average molecular weight is 501 g/mol. The predicted octanol–water partition coefficient (Wildman–Crippen LogP) is 5.38. The lowest BCUT2D eigenvalue weighted by Crippen LogP contribution is -2.29. The first kappa shape index (κ1) is 24.5. The molecule has 9 heteroatoms. The Kier molecular flexibility index (Phi) is 7.78. The van der Waals surface area contributed by atoms with Gasteiger partial charge in [0.25, 0.3) is 5.91 Å². The van der Waals surface area contributed by atoms with E-state index in [0.717, 1.165) is 53.6 Å².